The van der Waals surface area contributed by atoms with Gasteiger partial charge in [-0.3, -0.25) is 4.79 Å². The van der Waals surface area contributed by atoms with Crippen molar-refractivity contribution in [2.24, 2.45) is 0 Å². The molecular formula is C17H20F2N4O2. The van der Waals surface area contributed by atoms with E-state index >= 15 is 0 Å². The molecule has 0 unspecified atom stereocenters. The number of hydrogen-bond donors (Lipinski definition) is 0. The molecule has 0 radical (unpaired) electrons. The van der Waals surface area contributed by atoms with Crippen LogP contribution in [-0.4, -0.2) is 46.1 Å². The summed E-state index contributed by atoms with van der Waals surface area (Å²) in [6.45, 7) is 4.94. The number of aromatic nitrogens is 3. The summed E-state index contributed by atoms with van der Waals surface area (Å²) in [4.78, 5) is 14.6. The summed E-state index contributed by atoms with van der Waals surface area (Å²) in [6.07, 6.45) is 0.602. The van der Waals surface area contributed by atoms with E-state index < -0.39 is 17.7 Å². The molecule has 6 nitrogen and oxygen atoms in total. The van der Waals surface area contributed by atoms with Gasteiger partial charge in [0.1, 0.15) is 11.7 Å². The summed E-state index contributed by atoms with van der Waals surface area (Å²) >= 11 is 0. The highest BCUT2D eigenvalue weighted by Gasteiger charge is 2.35. The number of aryl methyl sites for hydroxylation is 2. The number of methoxy groups -OCH3 is 1. The van der Waals surface area contributed by atoms with Crippen LogP contribution in [0.4, 0.5) is 8.78 Å². The normalized spacial score (nSPS) is 16.8. The highest BCUT2D eigenvalue weighted by Crippen LogP contribution is 2.30. The Morgan fingerprint density at radius 2 is 2.08 bits per heavy atom. The molecule has 3 rings (SSSR count). The van der Waals surface area contributed by atoms with Crippen LogP contribution in [0.2, 0.25) is 0 Å². The quantitative estimate of drug-likeness (QED) is 0.849. The molecule has 1 amide bonds. The Morgan fingerprint density at radius 1 is 1.36 bits per heavy atom. The van der Waals surface area contributed by atoms with E-state index in [1.54, 1.807) is 18.9 Å². The van der Waals surface area contributed by atoms with Gasteiger partial charge in [-0.15, -0.1) is 5.10 Å². The molecule has 0 bridgehead atoms. The lowest BCUT2D eigenvalue weighted by atomic mass is 10.00. The van der Waals surface area contributed by atoms with Gasteiger partial charge in [-0.05, 0) is 31.5 Å². The summed E-state index contributed by atoms with van der Waals surface area (Å²) in [5.41, 5.74) is 2.22. The van der Waals surface area contributed by atoms with E-state index in [1.807, 2.05) is 11.6 Å². The van der Waals surface area contributed by atoms with Crippen LogP contribution in [0.1, 0.15) is 40.3 Å². The van der Waals surface area contributed by atoms with Crippen molar-refractivity contribution in [2.45, 2.75) is 32.9 Å². The third-order valence-electron chi connectivity index (χ3n) is 4.53. The van der Waals surface area contributed by atoms with Gasteiger partial charge in [-0.2, -0.15) is 0 Å². The highest BCUT2D eigenvalue weighted by atomic mass is 19.2. The monoisotopic (exact) mass is 350 g/mol. The van der Waals surface area contributed by atoms with Crippen LogP contribution < -0.4 is 0 Å². The predicted molar refractivity (Wildman–Crippen MR) is 86.1 cm³/mol. The zero-order valence-corrected chi connectivity index (χ0v) is 14.4. The molecule has 0 saturated heterocycles. The first kappa shape index (κ1) is 17.5. The fraction of sp³-hybridized carbons (Fsp3) is 0.471. The first-order valence-corrected chi connectivity index (χ1v) is 8.15. The molecule has 0 fully saturated rings. The molecule has 1 aromatic carbocycles. The second-order valence-electron chi connectivity index (χ2n) is 6.04. The summed E-state index contributed by atoms with van der Waals surface area (Å²) in [5, 5.41) is 8.34. The van der Waals surface area contributed by atoms with Crippen molar-refractivity contribution in [1.29, 1.82) is 0 Å². The average Bonchev–Trinajstić information content (AvgIpc) is 3.01. The van der Waals surface area contributed by atoms with Crippen molar-refractivity contribution in [3.8, 4) is 0 Å². The highest BCUT2D eigenvalue weighted by molar-refractivity contribution is 5.96. The van der Waals surface area contributed by atoms with E-state index in [4.69, 9.17) is 4.74 Å². The van der Waals surface area contributed by atoms with Crippen molar-refractivity contribution in [3.05, 3.63) is 46.3 Å². The minimum absolute atomic E-state index is 0.145. The van der Waals surface area contributed by atoms with Crippen LogP contribution in [-0.2, 0) is 17.7 Å². The zero-order chi connectivity index (χ0) is 18.1. The second-order valence-corrected chi connectivity index (χ2v) is 6.04. The molecule has 1 atom stereocenters. The minimum Gasteiger partial charge on any atom is -0.382 e. The van der Waals surface area contributed by atoms with Gasteiger partial charge in [-0.1, -0.05) is 5.21 Å². The molecule has 1 aliphatic rings. The van der Waals surface area contributed by atoms with Crippen LogP contribution in [0, 0.1) is 18.6 Å². The van der Waals surface area contributed by atoms with E-state index in [0.29, 0.717) is 30.8 Å². The summed E-state index contributed by atoms with van der Waals surface area (Å²) < 4.78 is 34.1. The lowest BCUT2D eigenvalue weighted by molar-refractivity contribution is 0.0489. The molecule has 0 saturated carbocycles. The van der Waals surface area contributed by atoms with E-state index in [2.05, 4.69) is 10.3 Å². The van der Waals surface area contributed by atoms with E-state index in [1.165, 1.54) is 0 Å². The van der Waals surface area contributed by atoms with Gasteiger partial charge >= 0.3 is 0 Å². The Morgan fingerprint density at radius 3 is 2.76 bits per heavy atom. The van der Waals surface area contributed by atoms with E-state index in [9.17, 15) is 13.6 Å². The van der Waals surface area contributed by atoms with E-state index in [-0.39, 0.29) is 18.1 Å². The van der Waals surface area contributed by atoms with Crippen LogP contribution in [0.25, 0.3) is 0 Å². The fourth-order valence-corrected chi connectivity index (χ4v) is 3.25. The van der Waals surface area contributed by atoms with Crippen molar-refractivity contribution in [2.75, 3.05) is 20.3 Å². The topological polar surface area (TPSA) is 60.2 Å². The smallest absolute Gasteiger partial charge is 0.254 e. The number of hydrogen-bond acceptors (Lipinski definition) is 4. The molecule has 134 valence electrons. The Hall–Kier alpha value is -2.35. The maximum atomic E-state index is 13.6. The summed E-state index contributed by atoms with van der Waals surface area (Å²) in [7, 11) is 1.55. The number of ether oxygens (including phenoxy) is 1. The zero-order valence-electron chi connectivity index (χ0n) is 14.4. The summed E-state index contributed by atoms with van der Waals surface area (Å²) in [6, 6.07) is 1.58. The van der Waals surface area contributed by atoms with Crippen LogP contribution in [0.5, 0.6) is 0 Å². The van der Waals surface area contributed by atoms with Gasteiger partial charge in [0.05, 0.1) is 12.3 Å². The van der Waals surface area contributed by atoms with Crippen LogP contribution in [0.15, 0.2) is 12.1 Å². The van der Waals surface area contributed by atoms with Gasteiger partial charge in [0.15, 0.2) is 11.6 Å². The van der Waals surface area contributed by atoms with Gasteiger partial charge in [0, 0.05) is 32.2 Å². The van der Waals surface area contributed by atoms with Crippen molar-refractivity contribution in [3.63, 3.8) is 0 Å². The van der Waals surface area contributed by atoms with Crippen molar-refractivity contribution in [1.82, 2.24) is 19.9 Å². The molecule has 8 heteroatoms. The molecule has 1 aliphatic heterocycles. The molecular weight excluding hydrogens is 330 g/mol. The molecule has 25 heavy (non-hydrogen) atoms. The number of amides is 1. The molecule has 2 aromatic rings. The lowest BCUT2D eigenvalue weighted by Gasteiger charge is -2.34. The SMILES string of the molecule is CCn1nnc2c1CCN(C(=O)c1cc(F)c(F)cc1C)[C@@H]2COC. The number of carbonyl (C=O) groups excluding carboxylic acids is 1. The van der Waals surface area contributed by atoms with Crippen molar-refractivity contribution < 1.29 is 18.3 Å². The maximum absolute atomic E-state index is 13.6. The number of fused-ring (bicyclic) bond motifs is 1. The Balaban J connectivity index is 1.98. The standard InChI is InChI=1S/C17H20F2N4O2/c1-4-23-14-5-6-22(15(9-25-3)16(14)20-21-23)17(24)11-8-13(19)12(18)7-10(11)2/h7-8,15H,4-6,9H2,1-3H3/t15-/m1/s1. The van der Waals surface area contributed by atoms with Crippen molar-refractivity contribution >= 4 is 5.91 Å². The van der Waals surface area contributed by atoms with E-state index in [0.717, 1.165) is 17.8 Å². The molecule has 0 aliphatic carbocycles. The Kier molecular flexibility index (Phi) is 4.80. The summed E-state index contributed by atoms with van der Waals surface area (Å²) in [5.74, 6) is -2.36. The molecule has 0 spiro atoms. The minimum atomic E-state index is -1.04. The third-order valence-corrected chi connectivity index (χ3v) is 4.53. The second kappa shape index (κ2) is 6.87. The maximum Gasteiger partial charge on any atom is 0.254 e. The lowest BCUT2D eigenvalue weighted by Crippen LogP contribution is -2.42. The third kappa shape index (κ3) is 3.02. The average molecular weight is 350 g/mol. The number of benzene rings is 1. The number of nitrogens with zero attached hydrogens (tertiary/aromatic N) is 4. The largest absolute Gasteiger partial charge is 0.382 e. The predicted octanol–water partition coefficient (Wildman–Crippen LogP) is 2.27. The Bertz CT molecular complexity index is 806. The van der Waals surface area contributed by atoms with Gasteiger partial charge in [0.2, 0.25) is 0 Å². The van der Waals surface area contributed by atoms with Gasteiger partial charge < -0.3 is 9.64 Å². The number of halogens is 2. The molecule has 1 aromatic heterocycles. The van der Waals surface area contributed by atoms with Gasteiger partial charge in [0.25, 0.3) is 5.91 Å². The molecule has 0 N–H and O–H groups in total. The van der Waals surface area contributed by atoms with Crippen LogP contribution >= 0.6 is 0 Å². The van der Waals surface area contributed by atoms with Gasteiger partial charge in [-0.25, -0.2) is 13.5 Å². The fourth-order valence-electron chi connectivity index (χ4n) is 3.25. The molecule has 2 heterocycles. The number of carbonyl (C=O) groups is 1. The Labute approximate surface area is 144 Å². The number of rotatable bonds is 4. The van der Waals surface area contributed by atoms with Crippen LogP contribution in [0.3, 0.4) is 0 Å². The first-order chi connectivity index (χ1) is 12.0. The first-order valence-electron chi connectivity index (χ1n) is 8.15.